The SMILES string of the molecule is CNc1ncc(-c2c(C)cc(C(C)(C)C)cc2C)cn1. The standard InChI is InChI=1S/C17H23N3/c1-11-7-14(17(3,4)5)8-12(2)15(11)13-9-19-16(18-6)20-10-13/h7-10H,1-6H3,(H,18,19,20). The Morgan fingerprint density at radius 1 is 0.950 bits per heavy atom. The second-order valence-electron chi connectivity index (χ2n) is 6.28. The van der Waals surface area contributed by atoms with E-state index >= 15 is 0 Å². The van der Waals surface area contributed by atoms with Crippen molar-refractivity contribution in [3.05, 3.63) is 41.2 Å². The highest BCUT2D eigenvalue weighted by Gasteiger charge is 2.17. The Morgan fingerprint density at radius 3 is 1.85 bits per heavy atom. The summed E-state index contributed by atoms with van der Waals surface area (Å²) in [6.07, 6.45) is 3.76. The van der Waals surface area contributed by atoms with E-state index in [4.69, 9.17) is 0 Å². The smallest absolute Gasteiger partial charge is 0.222 e. The largest absolute Gasteiger partial charge is 0.357 e. The molecule has 106 valence electrons. The number of nitrogens with one attached hydrogen (secondary N) is 1. The molecular formula is C17H23N3. The fourth-order valence-corrected chi connectivity index (χ4v) is 2.44. The van der Waals surface area contributed by atoms with Crippen LogP contribution < -0.4 is 5.32 Å². The van der Waals surface area contributed by atoms with Crippen LogP contribution >= 0.6 is 0 Å². The Bertz CT molecular complexity index is 584. The maximum Gasteiger partial charge on any atom is 0.222 e. The molecule has 0 unspecified atom stereocenters. The first-order valence-corrected chi connectivity index (χ1v) is 6.95. The van der Waals surface area contributed by atoms with Gasteiger partial charge in [-0.2, -0.15) is 0 Å². The summed E-state index contributed by atoms with van der Waals surface area (Å²) in [5.41, 5.74) is 6.39. The summed E-state index contributed by atoms with van der Waals surface area (Å²) in [5.74, 6) is 0.648. The van der Waals surface area contributed by atoms with Crippen LogP contribution in [0.5, 0.6) is 0 Å². The Hall–Kier alpha value is -1.90. The zero-order valence-electron chi connectivity index (χ0n) is 13.2. The van der Waals surface area contributed by atoms with Crippen molar-refractivity contribution in [1.29, 1.82) is 0 Å². The van der Waals surface area contributed by atoms with Crippen molar-refractivity contribution in [3.8, 4) is 11.1 Å². The Balaban J connectivity index is 2.52. The van der Waals surface area contributed by atoms with Gasteiger partial charge in [-0.25, -0.2) is 9.97 Å². The molecule has 1 N–H and O–H groups in total. The maximum absolute atomic E-state index is 4.30. The van der Waals surface area contributed by atoms with E-state index < -0.39 is 0 Å². The Kier molecular flexibility index (Phi) is 3.80. The van der Waals surface area contributed by atoms with Crippen LogP contribution in [0, 0.1) is 13.8 Å². The van der Waals surface area contributed by atoms with E-state index in [-0.39, 0.29) is 5.41 Å². The molecule has 0 aliphatic carbocycles. The lowest BCUT2D eigenvalue weighted by molar-refractivity contribution is 0.589. The van der Waals surface area contributed by atoms with Crippen LogP contribution in [0.2, 0.25) is 0 Å². The van der Waals surface area contributed by atoms with Gasteiger partial charge in [-0.1, -0.05) is 32.9 Å². The van der Waals surface area contributed by atoms with Crippen molar-refractivity contribution in [1.82, 2.24) is 9.97 Å². The van der Waals surface area contributed by atoms with E-state index in [2.05, 4.69) is 62.0 Å². The molecule has 0 radical (unpaired) electrons. The van der Waals surface area contributed by atoms with Crippen LogP contribution in [0.1, 0.15) is 37.5 Å². The fraction of sp³-hybridized carbons (Fsp3) is 0.412. The molecule has 0 aliphatic heterocycles. The number of hydrogen-bond acceptors (Lipinski definition) is 3. The van der Waals surface area contributed by atoms with Crippen LogP contribution in [0.4, 0.5) is 5.95 Å². The van der Waals surface area contributed by atoms with Crippen LogP contribution in [0.15, 0.2) is 24.5 Å². The summed E-state index contributed by atoms with van der Waals surface area (Å²) in [4.78, 5) is 8.61. The lowest BCUT2D eigenvalue weighted by Crippen LogP contribution is -2.12. The first-order valence-electron chi connectivity index (χ1n) is 6.95. The van der Waals surface area contributed by atoms with Gasteiger partial charge >= 0.3 is 0 Å². The van der Waals surface area contributed by atoms with Gasteiger partial charge in [-0.05, 0) is 41.5 Å². The van der Waals surface area contributed by atoms with Gasteiger partial charge in [-0.3, -0.25) is 0 Å². The minimum absolute atomic E-state index is 0.167. The number of benzene rings is 1. The highest BCUT2D eigenvalue weighted by molar-refractivity contribution is 5.70. The maximum atomic E-state index is 4.30. The van der Waals surface area contributed by atoms with E-state index in [9.17, 15) is 0 Å². The van der Waals surface area contributed by atoms with Gasteiger partial charge in [0, 0.05) is 25.0 Å². The number of aromatic nitrogens is 2. The summed E-state index contributed by atoms with van der Waals surface area (Å²) in [5, 5.41) is 2.94. The Labute approximate surface area is 121 Å². The van der Waals surface area contributed by atoms with Crippen molar-refractivity contribution in [3.63, 3.8) is 0 Å². The monoisotopic (exact) mass is 269 g/mol. The van der Waals surface area contributed by atoms with E-state index in [1.165, 1.54) is 22.3 Å². The second-order valence-corrected chi connectivity index (χ2v) is 6.28. The molecule has 1 aromatic carbocycles. The average molecular weight is 269 g/mol. The molecule has 20 heavy (non-hydrogen) atoms. The predicted octanol–water partition coefficient (Wildman–Crippen LogP) is 4.10. The van der Waals surface area contributed by atoms with Gasteiger partial charge in [0.05, 0.1) is 0 Å². The van der Waals surface area contributed by atoms with Crippen molar-refractivity contribution in [2.75, 3.05) is 12.4 Å². The van der Waals surface area contributed by atoms with Gasteiger partial charge in [0.1, 0.15) is 0 Å². The summed E-state index contributed by atoms with van der Waals surface area (Å²) in [7, 11) is 1.82. The normalized spacial score (nSPS) is 11.5. The molecule has 0 spiro atoms. The average Bonchev–Trinajstić information content (AvgIpc) is 2.37. The Morgan fingerprint density at radius 2 is 1.45 bits per heavy atom. The minimum Gasteiger partial charge on any atom is -0.357 e. The molecule has 0 aliphatic rings. The van der Waals surface area contributed by atoms with Crippen molar-refractivity contribution < 1.29 is 0 Å². The van der Waals surface area contributed by atoms with Crippen molar-refractivity contribution >= 4 is 5.95 Å². The summed E-state index contributed by atoms with van der Waals surface area (Å²) < 4.78 is 0. The zero-order chi connectivity index (χ0) is 14.9. The fourth-order valence-electron chi connectivity index (χ4n) is 2.44. The van der Waals surface area contributed by atoms with Crippen LogP contribution in [0.25, 0.3) is 11.1 Å². The third-order valence-corrected chi connectivity index (χ3v) is 3.56. The number of hydrogen-bond donors (Lipinski definition) is 1. The van der Waals surface area contributed by atoms with E-state index in [1.54, 1.807) is 0 Å². The predicted molar refractivity (Wildman–Crippen MR) is 85.2 cm³/mol. The number of anilines is 1. The molecule has 0 bridgehead atoms. The van der Waals surface area contributed by atoms with Gasteiger partial charge < -0.3 is 5.32 Å². The molecule has 2 rings (SSSR count). The molecule has 2 aromatic rings. The summed E-state index contributed by atoms with van der Waals surface area (Å²) in [6, 6.07) is 4.54. The topological polar surface area (TPSA) is 37.8 Å². The molecular weight excluding hydrogens is 246 g/mol. The quantitative estimate of drug-likeness (QED) is 0.892. The number of aryl methyl sites for hydroxylation is 2. The van der Waals surface area contributed by atoms with Crippen LogP contribution in [-0.4, -0.2) is 17.0 Å². The zero-order valence-corrected chi connectivity index (χ0v) is 13.2. The first-order chi connectivity index (χ1) is 9.32. The van der Waals surface area contributed by atoms with Gasteiger partial charge in [0.15, 0.2) is 0 Å². The molecule has 0 saturated heterocycles. The van der Waals surface area contributed by atoms with Gasteiger partial charge in [0.2, 0.25) is 5.95 Å². The molecule has 0 fully saturated rings. The molecule has 1 aromatic heterocycles. The summed E-state index contributed by atoms with van der Waals surface area (Å²) >= 11 is 0. The van der Waals surface area contributed by atoms with E-state index in [1.807, 2.05) is 19.4 Å². The highest BCUT2D eigenvalue weighted by atomic mass is 15.1. The number of rotatable bonds is 2. The van der Waals surface area contributed by atoms with E-state index in [0.29, 0.717) is 5.95 Å². The molecule has 3 heteroatoms. The molecule has 0 atom stereocenters. The first kappa shape index (κ1) is 14.5. The van der Waals surface area contributed by atoms with Gasteiger partial charge in [0.25, 0.3) is 0 Å². The molecule has 0 saturated carbocycles. The van der Waals surface area contributed by atoms with Crippen molar-refractivity contribution in [2.45, 2.75) is 40.0 Å². The third-order valence-electron chi connectivity index (χ3n) is 3.56. The molecule has 3 nitrogen and oxygen atoms in total. The van der Waals surface area contributed by atoms with Crippen LogP contribution in [0.3, 0.4) is 0 Å². The van der Waals surface area contributed by atoms with Gasteiger partial charge in [-0.15, -0.1) is 0 Å². The highest BCUT2D eigenvalue weighted by Crippen LogP contribution is 2.32. The van der Waals surface area contributed by atoms with Crippen molar-refractivity contribution in [2.24, 2.45) is 0 Å². The minimum atomic E-state index is 0.167. The molecule has 1 heterocycles. The lowest BCUT2D eigenvalue weighted by atomic mass is 9.83. The third kappa shape index (κ3) is 2.82. The second kappa shape index (κ2) is 5.23. The summed E-state index contributed by atoms with van der Waals surface area (Å²) in [6.45, 7) is 11.0. The van der Waals surface area contributed by atoms with Crippen LogP contribution in [-0.2, 0) is 5.41 Å². The lowest BCUT2D eigenvalue weighted by Gasteiger charge is -2.22. The molecule has 0 amide bonds. The van der Waals surface area contributed by atoms with E-state index in [0.717, 1.165) is 5.56 Å². The number of nitrogens with zero attached hydrogens (tertiary/aromatic N) is 2.